The second-order valence-corrected chi connectivity index (χ2v) is 6.29. The monoisotopic (exact) mass is 297 g/mol. The van der Waals surface area contributed by atoms with Gasteiger partial charge in [0.05, 0.1) is 13.2 Å². The van der Waals surface area contributed by atoms with Crippen LogP contribution in [-0.2, 0) is 18.4 Å². The molecule has 0 aromatic carbocycles. The molecule has 0 atom stereocenters. The Balaban J connectivity index is 4.55. The zero-order chi connectivity index (χ0) is 12.1. The zero-order valence-electron chi connectivity index (χ0n) is 8.13. The number of carbonyl (C=O) groups excluding carboxylic acids is 1. The molecule has 5 nitrogen and oxygen atoms in total. The first-order valence-electron chi connectivity index (χ1n) is 4.03. The lowest BCUT2D eigenvalue weighted by atomic mass is 10.7. The molecule has 0 fully saturated rings. The van der Waals surface area contributed by atoms with Crippen molar-refractivity contribution in [2.24, 2.45) is 0 Å². The van der Waals surface area contributed by atoms with Gasteiger partial charge in [0.25, 0.3) is 9.70 Å². The van der Waals surface area contributed by atoms with E-state index in [1.54, 1.807) is 13.8 Å². The lowest BCUT2D eigenvalue weighted by Crippen LogP contribution is -2.33. The van der Waals surface area contributed by atoms with Crippen molar-refractivity contribution in [2.45, 2.75) is 17.6 Å². The van der Waals surface area contributed by atoms with Crippen LogP contribution in [-0.4, -0.2) is 22.9 Å². The fraction of sp³-hybridized carbons (Fsp3) is 0.833. The quantitative estimate of drug-likeness (QED) is 0.626. The van der Waals surface area contributed by atoms with Crippen molar-refractivity contribution in [1.29, 1.82) is 0 Å². The standard InChI is InChI=1S/C6H11Cl3NO4P/c1-3-13-15(12,14-4-2)10-5(11)6(7,8)9/h3-4H2,1-2H3,(H,10,11,12). The Morgan fingerprint density at radius 3 is 1.93 bits per heavy atom. The molecule has 0 aliphatic rings. The summed E-state index contributed by atoms with van der Waals surface area (Å²) < 4.78 is 19.0. The zero-order valence-corrected chi connectivity index (χ0v) is 11.3. The van der Waals surface area contributed by atoms with E-state index < -0.39 is 17.4 Å². The van der Waals surface area contributed by atoms with Crippen LogP contribution in [0.1, 0.15) is 13.8 Å². The molecule has 1 N–H and O–H groups in total. The Morgan fingerprint density at radius 1 is 1.27 bits per heavy atom. The second-order valence-electron chi connectivity index (χ2n) is 2.27. The summed E-state index contributed by atoms with van der Waals surface area (Å²) in [5.41, 5.74) is 0. The number of carbonyl (C=O) groups is 1. The van der Waals surface area contributed by atoms with Crippen molar-refractivity contribution in [2.75, 3.05) is 13.2 Å². The molecular formula is C6H11Cl3NO4P. The van der Waals surface area contributed by atoms with Gasteiger partial charge in [-0.25, -0.2) is 4.57 Å². The number of hydrogen-bond donors (Lipinski definition) is 1. The predicted octanol–water partition coefficient (Wildman–Crippen LogP) is 2.65. The highest BCUT2D eigenvalue weighted by Gasteiger charge is 2.37. The van der Waals surface area contributed by atoms with Crippen LogP contribution in [0.15, 0.2) is 0 Å². The van der Waals surface area contributed by atoms with Gasteiger partial charge in [-0.05, 0) is 13.8 Å². The van der Waals surface area contributed by atoms with E-state index in [4.69, 9.17) is 43.9 Å². The Bertz CT molecular complexity index is 258. The molecule has 0 saturated carbocycles. The van der Waals surface area contributed by atoms with Gasteiger partial charge in [-0.1, -0.05) is 34.8 Å². The number of alkyl halides is 3. The fourth-order valence-electron chi connectivity index (χ4n) is 0.629. The molecule has 0 saturated heterocycles. The minimum atomic E-state index is -3.72. The molecule has 90 valence electrons. The van der Waals surface area contributed by atoms with Gasteiger partial charge in [-0.3, -0.25) is 18.9 Å². The summed E-state index contributed by atoms with van der Waals surface area (Å²) in [7, 11) is -3.72. The van der Waals surface area contributed by atoms with Gasteiger partial charge in [0.1, 0.15) is 0 Å². The van der Waals surface area contributed by atoms with E-state index >= 15 is 0 Å². The molecular weight excluding hydrogens is 287 g/mol. The lowest BCUT2D eigenvalue weighted by Gasteiger charge is -2.19. The molecule has 0 aliphatic carbocycles. The van der Waals surface area contributed by atoms with Crippen LogP contribution in [0.5, 0.6) is 0 Å². The molecule has 1 amide bonds. The van der Waals surface area contributed by atoms with Crippen LogP contribution in [0.25, 0.3) is 0 Å². The molecule has 0 aliphatic heterocycles. The Kier molecular flexibility index (Phi) is 6.49. The van der Waals surface area contributed by atoms with E-state index in [0.717, 1.165) is 0 Å². The van der Waals surface area contributed by atoms with Crippen LogP contribution in [0, 0.1) is 0 Å². The second kappa shape index (κ2) is 6.28. The average Bonchev–Trinajstić information content (AvgIpc) is 2.02. The maximum atomic E-state index is 11.7. The van der Waals surface area contributed by atoms with Gasteiger partial charge in [0.15, 0.2) is 0 Å². The topological polar surface area (TPSA) is 64.6 Å². The molecule has 0 bridgehead atoms. The summed E-state index contributed by atoms with van der Waals surface area (Å²) >= 11 is 15.8. The van der Waals surface area contributed by atoms with E-state index in [1.807, 2.05) is 5.09 Å². The molecule has 0 rings (SSSR count). The number of amides is 1. The SMILES string of the molecule is CCOP(=O)(NC(=O)C(Cl)(Cl)Cl)OCC. The molecule has 0 unspecified atom stereocenters. The van der Waals surface area contributed by atoms with Crippen LogP contribution >= 0.6 is 42.5 Å². The van der Waals surface area contributed by atoms with Gasteiger partial charge in [-0.15, -0.1) is 0 Å². The predicted molar refractivity (Wildman–Crippen MR) is 59.3 cm³/mol. The van der Waals surface area contributed by atoms with Gasteiger partial charge in [0, 0.05) is 0 Å². The number of nitrogens with one attached hydrogen (secondary N) is 1. The van der Waals surface area contributed by atoms with Crippen molar-refractivity contribution < 1.29 is 18.4 Å². The first-order valence-corrected chi connectivity index (χ1v) is 6.71. The minimum absolute atomic E-state index is 0.0947. The van der Waals surface area contributed by atoms with Crippen LogP contribution in [0.3, 0.4) is 0 Å². The van der Waals surface area contributed by atoms with Gasteiger partial charge >= 0.3 is 7.75 Å². The van der Waals surface area contributed by atoms with Crippen molar-refractivity contribution in [3.05, 3.63) is 0 Å². The fourth-order valence-corrected chi connectivity index (χ4v) is 2.27. The third-order valence-electron chi connectivity index (χ3n) is 1.09. The molecule has 0 aromatic rings. The van der Waals surface area contributed by atoms with Crippen molar-refractivity contribution in [3.63, 3.8) is 0 Å². The van der Waals surface area contributed by atoms with Gasteiger partial charge in [0.2, 0.25) is 0 Å². The summed E-state index contributed by atoms with van der Waals surface area (Å²) in [6.45, 7) is 3.37. The number of halogens is 3. The molecule has 0 aromatic heterocycles. The summed E-state index contributed by atoms with van der Waals surface area (Å²) in [5.74, 6) is -1.06. The van der Waals surface area contributed by atoms with Gasteiger partial charge < -0.3 is 0 Å². The normalized spacial score (nSPS) is 12.6. The Hall–Kier alpha value is 0.490. The highest BCUT2D eigenvalue weighted by molar-refractivity contribution is 7.52. The smallest absolute Gasteiger partial charge is 0.293 e. The van der Waals surface area contributed by atoms with Gasteiger partial charge in [-0.2, -0.15) is 0 Å². The molecule has 0 spiro atoms. The lowest BCUT2D eigenvalue weighted by molar-refractivity contribution is -0.118. The maximum Gasteiger partial charge on any atom is 0.435 e. The third kappa shape index (κ3) is 5.95. The van der Waals surface area contributed by atoms with Crippen LogP contribution in [0.2, 0.25) is 0 Å². The summed E-state index contributed by atoms with van der Waals surface area (Å²) in [6, 6.07) is 0. The highest BCUT2D eigenvalue weighted by Crippen LogP contribution is 2.44. The van der Waals surface area contributed by atoms with Crippen molar-refractivity contribution in [3.8, 4) is 0 Å². The maximum absolute atomic E-state index is 11.7. The number of rotatable bonds is 5. The summed E-state index contributed by atoms with van der Waals surface area (Å²) in [6.07, 6.45) is 0. The van der Waals surface area contributed by atoms with E-state index in [9.17, 15) is 9.36 Å². The van der Waals surface area contributed by atoms with Crippen molar-refractivity contribution >= 4 is 48.5 Å². The van der Waals surface area contributed by atoms with E-state index in [0.29, 0.717) is 0 Å². The minimum Gasteiger partial charge on any atom is -0.293 e. The third-order valence-corrected chi connectivity index (χ3v) is 3.28. The molecule has 0 heterocycles. The average molecular weight is 298 g/mol. The molecule has 0 radical (unpaired) electrons. The van der Waals surface area contributed by atoms with E-state index in [1.165, 1.54) is 0 Å². The first-order chi connectivity index (χ1) is 6.75. The van der Waals surface area contributed by atoms with Crippen LogP contribution < -0.4 is 5.09 Å². The Morgan fingerprint density at radius 2 is 1.67 bits per heavy atom. The van der Waals surface area contributed by atoms with Crippen molar-refractivity contribution in [1.82, 2.24) is 5.09 Å². The van der Waals surface area contributed by atoms with E-state index in [-0.39, 0.29) is 13.2 Å². The van der Waals surface area contributed by atoms with Crippen LogP contribution in [0.4, 0.5) is 0 Å². The number of hydrogen-bond acceptors (Lipinski definition) is 4. The largest absolute Gasteiger partial charge is 0.435 e. The summed E-state index contributed by atoms with van der Waals surface area (Å²) in [5, 5.41) is 1.91. The molecule has 9 heteroatoms. The molecule has 15 heavy (non-hydrogen) atoms. The van der Waals surface area contributed by atoms with E-state index in [2.05, 4.69) is 0 Å². The highest BCUT2D eigenvalue weighted by atomic mass is 35.6. The Labute approximate surface area is 103 Å². The summed E-state index contributed by atoms with van der Waals surface area (Å²) in [4.78, 5) is 11.2. The first kappa shape index (κ1) is 15.5.